The molecule has 0 saturated carbocycles. The lowest BCUT2D eigenvalue weighted by atomic mass is 9.95. The first-order chi connectivity index (χ1) is 15.6. The Bertz CT molecular complexity index is 1240. The van der Waals surface area contributed by atoms with Crippen LogP contribution in [-0.4, -0.2) is 55.3 Å². The number of rotatable bonds is 3. The van der Waals surface area contributed by atoms with E-state index < -0.39 is 0 Å². The van der Waals surface area contributed by atoms with Crippen LogP contribution in [-0.2, 0) is 17.6 Å². The van der Waals surface area contributed by atoms with Gasteiger partial charge < -0.3 is 9.80 Å². The summed E-state index contributed by atoms with van der Waals surface area (Å²) in [7, 11) is 2.19. The maximum absolute atomic E-state index is 12.3. The van der Waals surface area contributed by atoms with E-state index in [0.29, 0.717) is 12.8 Å². The summed E-state index contributed by atoms with van der Waals surface area (Å²) < 4.78 is 0. The number of nitrogens with zero attached hydrogens (tertiary/aromatic N) is 4. The third kappa shape index (κ3) is 3.43. The van der Waals surface area contributed by atoms with Crippen molar-refractivity contribution in [1.29, 1.82) is 0 Å². The molecule has 1 saturated heterocycles. The Balaban J connectivity index is 1.20. The van der Waals surface area contributed by atoms with Crippen molar-refractivity contribution in [3.8, 4) is 0 Å². The number of anilines is 1. The van der Waals surface area contributed by atoms with Gasteiger partial charge in [0.1, 0.15) is 0 Å². The minimum Gasteiger partial charge on any atom is -0.369 e. The first-order valence-electron chi connectivity index (χ1n) is 11.4. The van der Waals surface area contributed by atoms with Gasteiger partial charge in [-0.3, -0.25) is 14.8 Å². The smallest absolute Gasteiger partial charge is 0.168 e. The molecule has 3 aliphatic heterocycles. The molecular weight excluding hydrogens is 396 g/mol. The van der Waals surface area contributed by atoms with Gasteiger partial charge >= 0.3 is 0 Å². The molecule has 1 aliphatic carbocycles. The minimum absolute atomic E-state index is 0.158. The molecule has 2 aromatic rings. The monoisotopic (exact) mass is 422 g/mol. The van der Waals surface area contributed by atoms with Crippen molar-refractivity contribution >= 4 is 34.3 Å². The normalized spacial score (nSPS) is 20.1. The Morgan fingerprint density at radius 3 is 2.38 bits per heavy atom. The van der Waals surface area contributed by atoms with Crippen LogP contribution in [0.4, 0.5) is 17.1 Å². The molecule has 0 bridgehead atoms. The Morgan fingerprint density at radius 1 is 0.844 bits per heavy atom. The van der Waals surface area contributed by atoms with Crippen LogP contribution in [0.15, 0.2) is 70.2 Å². The predicted octanol–water partition coefficient (Wildman–Crippen LogP) is 4.20. The lowest BCUT2D eigenvalue weighted by Crippen LogP contribution is -2.44. The number of carbonyl (C=O) groups excluding carboxylic acids is 1. The van der Waals surface area contributed by atoms with Gasteiger partial charge in [0.25, 0.3) is 0 Å². The van der Waals surface area contributed by atoms with E-state index in [-0.39, 0.29) is 5.78 Å². The van der Waals surface area contributed by atoms with E-state index in [0.717, 1.165) is 66.5 Å². The van der Waals surface area contributed by atoms with Gasteiger partial charge in [0.2, 0.25) is 0 Å². The van der Waals surface area contributed by atoms with Crippen molar-refractivity contribution in [1.82, 2.24) is 4.90 Å². The van der Waals surface area contributed by atoms with Crippen molar-refractivity contribution in [2.24, 2.45) is 9.98 Å². The highest BCUT2D eigenvalue weighted by molar-refractivity contribution is 6.25. The van der Waals surface area contributed by atoms with Gasteiger partial charge in [0.05, 0.1) is 22.8 Å². The van der Waals surface area contributed by atoms with Crippen molar-refractivity contribution in [2.45, 2.75) is 19.3 Å². The summed E-state index contributed by atoms with van der Waals surface area (Å²) >= 11 is 0. The zero-order valence-electron chi connectivity index (χ0n) is 18.3. The summed E-state index contributed by atoms with van der Waals surface area (Å²) in [6, 6.07) is 13.1. The maximum atomic E-state index is 12.3. The highest BCUT2D eigenvalue weighted by atomic mass is 16.1. The zero-order valence-corrected chi connectivity index (χ0v) is 18.3. The molecule has 5 nitrogen and oxygen atoms in total. The second-order valence-electron chi connectivity index (χ2n) is 9.05. The topological polar surface area (TPSA) is 48.3 Å². The average molecular weight is 423 g/mol. The van der Waals surface area contributed by atoms with Crippen molar-refractivity contribution < 1.29 is 4.79 Å². The van der Waals surface area contributed by atoms with E-state index >= 15 is 0 Å². The minimum atomic E-state index is 0.158. The van der Waals surface area contributed by atoms with Crippen LogP contribution in [0.2, 0.25) is 0 Å². The Morgan fingerprint density at radius 2 is 1.56 bits per heavy atom. The number of aliphatic imine (C=N–C) groups is 2. The number of hydrogen-bond donors (Lipinski definition) is 0. The third-order valence-electron chi connectivity index (χ3n) is 6.88. The molecule has 2 aromatic carbocycles. The number of benzene rings is 2. The first-order valence-corrected chi connectivity index (χ1v) is 11.4. The van der Waals surface area contributed by atoms with Crippen molar-refractivity contribution in [2.75, 3.05) is 38.1 Å². The molecule has 32 heavy (non-hydrogen) atoms. The van der Waals surface area contributed by atoms with Crippen LogP contribution in [0.5, 0.6) is 0 Å². The highest BCUT2D eigenvalue weighted by Gasteiger charge is 2.25. The summed E-state index contributed by atoms with van der Waals surface area (Å²) in [5.41, 5.74) is 9.76. The largest absolute Gasteiger partial charge is 0.369 e. The second-order valence-corrected chi connectivity index (χ2v) is 9.05. The highest BCUT2D eigenvalue weighted by Crippen LogP contribution is 2.35. The fourth-order valence-corrected chi connectivity index (χ4v) is 4.95. The standard InChI is InChI=1S/C27H26N4O/c1-30-10-12-31(13-11-30)21-7-9-24-20(15-21)16-25(28-24)18-6-8-23-19(14-18)17-26(29-23)22-4-2-3-5-27(22)32/h2-4,6-9,14-15H,5,10-13,16-17H2,1H3. The fourth-order valence-electron chi connectivity index (χ4n) is 4.95. The fraction of sp³-hybridized carbons (Fsp3) is 0.296. The number of ketones is 1. The molecule has 0 unspecified atom stereocenters. The van der Waals surface area contributed by atoms with Gasteiger partial charge in [0, 0.05) is 56.7 Å². The van der Waals surface area contributed by atoms with Crippen LogP contribution in [0, 0.1) is 0 Å². The summed E-state index contributed by atoms with van der Waals surface area (Å²) in [6.45, 7) is 4.36. The molecule has 5 heteroatoms. The number of piperazine rings is 1. The van der Waals surface area contributed by atoms with Crippen molar-refractivity contribution in [3.05, 3.63) is 76.9 Å². The Hall–Kier alpha value is -3.31. The quantitative estimate of drug-likeness (QED) is 0.745. The van der Waals surface area contributed by atoms with E-state index in [1.54, 1.807) is 0 Å². The molecule has 0 spiro atoms. The molecule has 160 valence electrons. The number of carbonyl (C=O) groups is 1. The van der Waals surface area contributed by atoms with Crippen LogP contribution < -0.4 is 4.90 Å². The van der Waals surface area contributed by atoms with Crippen LogP contribution in [0.3, 0.4) is 0 Å². The van der Waals surface area contributed by atoms with Gasteiger partial charge in [-0.05, 0) is 60.1 Å². The summed E-state index contributed by atoms with van der Waals surface area (Å²) in [6.07, 6.45) is 7.79. The Labute approximate surface area is 188 Å². The molecule has 0 amide bonds. The van der Waals surface area contributed by atoms with E-state index in [2.05, 4.69) is 53.2 Å². The second kappa shape index (κ2) is 7.68. The van der Waals surface area contributed by atoms with Crippen LogP contribution >= 0.6 is 0 Å². The number of fused-ring (bicyclic) bond motifs is 2. The van der Waals surface area contributed by atoms with Gasteiger partial charge in [0.15, 0.2) is 5.78 Å². The van der Waals surface area contributed by atoms with Gasteiger partial charge in [-0.15, -0.1) is 0 Å². The van der Waals surface area contributed by atoms with Gasteiger partial charge in [-0.1, -0.05) is 18.2 Å². The molecule has 0 N–H and O–H groups in total. The van der Waals surface area contributed by atoms with E-state index in [9.17, 15) is 4.79 Å². The molecule has 1 fully saturated rings. The lowest BCUT2D eigenvalue weighted by Gasteiger charge is -2.34. The number of likely N-dealkylation sites (N-methyl/N-ethyl adjacent to an activating group) is 1. The van der Waals surface area contributed by atoms with Gasteiger partial charge in [-0.2, -0.15) is 0 Å². The first kappa shape index (κ1) is 19.4. The molecular formula is C27H26N4O. The molecule has 3 heterocycles. The van der Waals surface area contributed by atoms with Crippen LogP contribution in [0.25, 0.3) is 0 Å². The Kier molecular flexibility index (Phi) is 4.65. The average Bonchev–Trinajstić information content (AvgIpc) is 3.43. The molecule has 6 rings (SSSR count). The number of Topliss-reactive ketones (excluding diaryl/α,β-unsaturated/α-hetero) is 1. The number of allylic oxidation sites excluding steroid dienone is 4. The van der Waals surface area contributed by atoms with E-state index in [1.165, 1.54) is 16.8 Å². The van der Waals surface area contributed by atoms with Crippen LogP contribution in [0.1, 0.15) is 23.1 Å². The van der Waals surface area contributed by atoms with E-state index in [4.69, 9.17) is 9.98 Å². The zero-order chi connectivity index (χ0) is 21.7. The molecule has 0 radical (unpaired) electrons. The van der Waals surface area contributed by atoms with E-state index in [1.807, 2.05) is 18.2 Å². The summed E-state index contributed by atoms with van der Waals surface area (Å²) in [4.78, 5) is 26.8. The predicted molar refractivity (Wildman–Crippen MR) is 130 cm³/mol. The van der Waals surface area contributed by atoms with Gasteiger partial charge in [-0.25, -0.2) is 0 Å². The van der Waals surface area contributed by atoms with Crippen molar-refractivity contribution in [3.63, 3.8) is 0 Å². The molecule has 0 atom stereocenters. The molecule has 0 aromatic heterocycles. The lowest BCUT2D eigenvalue weighted by molar-refractivity contribution is -0.114. The summed E-state index contributed by atoms with van der Waals surface area (Å²) in [5.74, 6) is 0.158. The molecule has 4 aliphatic rings. The summed E-state index contributed by atoms with van der Waals surface area (Å²) in [5, 5.41) is 0. The SMILES string of the molecule is CN1CCN(c2ccc3c(c2)CC(c2ccc4c(c2)CC(C2=CC=CCC2=O)=N4)=N3)CC1. The number of hydrogen-bond acceptors (Lipinski definition) is 5. The maximum Gasteiger partial charge on any atom is 0.168 e. The third-order valence-corrected chi connectivity index (χ3v) is 6.88.